The van der Waals surface area contributed by atoms with Crippen LogP contribution in [0.15, 0.2) is 95.5 Å². The maximum Gasteiger partial charge on any atom is 0.322 e. The zero-order valence-corrected chi connectivity index (χ0v) is 29.6. The van der Waals surface area contributed by atoms with Crippen LogP contribution < -0.4 is 9.47 Å². The van der Waals surface area contributed by atoms with Crippen LogP contribution in [0.5, 0.6) is 11.5 Å². The van der Waals surface area contributed by atoms with E-state index >= 15 is 0 Å². The smallest absolute Gasteiger partial charge is 0.322 e. The van der Waals surface area contributed by atoms with E-state index in [1.807, 2.05) is 48.6 Å². The average Bonchev–Trinajstić information content (AvgIpc) is 3.03. The fraction of sp³-hybridized carbons (Fsp3) is 0.278. The fourth-order valence-corrected chi connectivity index (χ4v) is 3.87. The Morgan fingerprint density at radius 1 is 0.681 bits per heavy atom. The van der Waals surface area contributed by atoms with E-state index in [9.17, 15) is 20.1 Å². The van der Waals surface area contributed by atoms with E-state index in [2.05, 4.69) is 31.9 Å². The Bertz CT molecular complexity index is 1540. The zero-order valence-electron chi connectivity index (χ0n) is 26.4. The van der Waals surface area contributed by atoms with E-state index in [-0.39, 0.29) is 43.9 Å². The SMILES string of the molecule is CC(C)(Br)C(=O)OCCOc1ccc(/C=C/C2=CC(=C(C#N)C#N)C=C(/C=C/c3ccc(OCCOC(=O)C(C)(C)Br)cc3)O2)cc1. The number of benzene rings is 2. The lowest BCUT2D eigenvalue weighted by molar-refractivity contribution is -0.146. The van der Waals surface area contributed by atoms with E-state index < -0.39 is 8.65 Å². The Kier molecular flexibility index (Phi) is 13.6. The molecule has 0 saturated carbocycles. The Balaban J connectivity index is 1.59. The molecule has 0 aliphatic carbocycles. The molecule has 0 amide bonds. The molecule has 0 fully saturated rings. The quantitative estimate of drug-likeness (QED) is 0.0821. The number of rotatable bonds is 14. The molecule has 3 rings (SSSR count). The predicted molar refractivity (Wildman–Crippen MR) is 185 cm³/mol. The molecule has 9 nitrogen and oxygen atoms in total. The summed E-state index contributed by atoms with van der Waals surface area (Å²) in [6.45, 7) is 7.54. The lowest BCUT2D eigenvalue weighted by Gasteiger charge is -2.15. The molecule has 0 N–H and O–H groups in total. The van der Waals surface area contributed by atoms with Crippen molar-refractivity contribution in [3.8, 4) is 23.6 Å². The van der Waals surface area contributed by atoms with Crippen LogP contribution in [-0.2, 0) is 23.8 Å². The van der Waals surface area contributed by atoms with Gasteiger partial charge < -0.3 is 23.7 Å². The molecule has 244 valence electrons. The van der Waals surface area contributed by atoms with Gasteiger partial charge in [-0.3, -0.25) is 9.59 Å². The van der Waals surface area contributed by atoms with Crippen molar-refractivity contribution in [3.63, 3.8) is 0 Å². The number of nitriles is 2. The Labute approximate surface area is 291 Å². The molecule has 1 heterocycles. The van der Waals surface area contributed by atoms with Crippen LogP contribution in [0, 0.1) is 22.7 Å². The molecule has 1 aliphatic heterocycles. The van der Waals surface area contributed by atoms with Crippen LogP contribution in [0.2, 0.25) is 0 Å². The normalized spacial score (nSPS) is 13.1. The van der Waals surface area contributed by atoms with Crippen LogP contribution in [-0.4, -0.2) is 47.0 Å². The van der Waals surface area contributed by atoms with Crippen molar-refractivity contribution in [1.29, 1.82) is 10.5 Å². The molecule has 11 heteroatoms. The summed E-state index contributed by atoms with van der Waals surface area (Å²) >= 11 is 6.52. The third-order valence-electron chi connectivity index (χ3n) is 6.13. The monoisotopic (exact) mass is 764 g/mol. The van der Waals surface area contributed by atoms with Gasteiger partial charge in [-0.1, -0.05) is 68.3 Å². The van der Waals surface area contributed by atoms with Gasteiger partial charge in [0.2, 0.25) is 0 Å². The van der Waals surface area contributed by atoms with Crippen molar-refractivity contribution >= 4 is 56.0 Å². The van der Waals surface area contributed by atoms with E-state index in [1.54, 1.807) is 76.3 Å². The Morgan fingerprint density at radius 2 is 1.06 bits per heavy atom. The van der Waals surface area contributed by atoms with Gasteiger partial charge in [0.15, 0.2) is 0 Å². The Hall–Kier alpha value is -4.58. The minimum absolute atomic E-state index is 0.0381. The van der Waals surface area contributed by atoms with Gasteiger partial charge in [-0.15, -0.1) is 0 Å². The summed E-state index contributed by atoms with van der Waals surface area (Å²) in [6.07, 6.45) is 10.4. The molecule has 47 heavy (non-hydrogen) atoms. The zero-order chi connectivity index (χ0) is 34.5. The van der Waals surface area contributed by atoms with E-state index in [0.29, 0.717) is 28.6 Å². The van der Waals surface area contributed by atoms with Crippen molar-refractivity contribution in [2.24, 2.45) is 0 Å². The van der Waals surface area contributed by atoms with E-state index in [0.717, 1.165) is 11.1 Å². The summed E-state index contributed by atoms with van der Waals surface area (Å²) in [7, 11) is 0. The number of nitrogens with zero attached hydrogens (tertiary/aromatic N) is 2. The number of hydrogen-bond donors (Lipinski definition) is 0. The third-order valence-corrected chi connectivity index (χ3v) is 6.77. The van der Waals surface area contributed by atoms with Crippen molar-refractivity contribution < 1.29 is 33.3 Å². The van der Waals surface area contributed by atoms with Crippen LogP contribution >= 0.6 is 31.9 Å². The summed E-state index contributed by atoms with van der Waals surface area (Å²) in [5, 5.41) is 18.9. The molecule has 0 aromatic heterocycles. The second-order valence-corrected chi connectivity index (χ2v) is 14.9. The van der Waals surface area contributed by atoms with Crippen molar-refractivity contribution in [2.45, 2.75) is 36.3 Å². The number of hydrogen-bond acceptors (Lipinski definition) is 9. The molecular weight excluding hydrogens is 732 g/mol. The molecule has 0 radical (unpaired) electrons. The highest BCUT2D eigenvalue weighted by Crippen LogP contribution is 2.25. The van der Waals surface area contributed by atoms with Crippen molar-refractivity contribution in [3.05, 3.63) is 107 Å². The van der Waals surface area contributed by atoms with Gasteiger partial charge in [-0.2, -0.15) is 10.5 Å². The maximum absolute atomic E-state index is 11.8. The summed E-state index contributed by atoms with van der Waals surface area (Å²) in [6, 6.07) is 18.5. The van der Waals surface area contributed by atoms with Gasteiger partial charge >= 0.3 is 11.9 Å². The van der Waals surface area contributed by atoms with E-state index in [4.69, 9.17) is 23.7 Å². The first-order chi connectivity index (χ1) is 22.3. The van der Waals surface area contributed by atoms with Gasteiger partial charge in [-0.25, -0.2) is 0 Å². The second kappa shape index (κ2) is 17.4. The van der Waals surface area contributed by atoms with Crippen molar-refractivity contribution in [1.82, 2.24) is 0 Å². The van der Waals surface area contributed by atoms with Gasteiger partial charge in [0.05, 0.1) is 0 Å². The number of esters is 2. The first-order valence-corrected chi connectivity index (χ1v) is 16.1. The van der Waals surface area contributed by atoms with Gasteiger partial charge in [0.1, 0.15) is 75.8 Å². The number of ether oxygens (including phenoxy) is 5. The number of allylic oxidation sites excluding steroid dienone is 6. The summed E-state index contributed by atoms with van der Waals surface area (Å²) < 4.78 is 26.2. The molecule has 0 saturated heterocycles. The fourth-order valence-electron chi connectivity index (χ4n) is 3.64. The lowest BCUT2D eigenvalue weighted by atomic mass is 10.1. The summed E-state index contributed by atoms with van der Waals surface area (Å²) in [5.74, 6) is 1.40. The molecule has 0 unspecified atom stereocenters. The third kappa shape index (κ3) is 12.6. The van der Waals surface area contributed by atoms with E-state index in [1.165, 1.54) is 0 Å². The maximum atomic E-state index is 11.8. The molecule has 0 spiro atoms. The van der Waals surface area contributed by atoms with Crippen molar-refractivity contribution in [2.75, 3.05) is 26.4 Å². The number of alkyl halides is 2. The predicted octanol–water partition coefficient (Wildman–Crippen LogP) is 7.75. The summed E-state index contributed by atoms with van der Waals surface area (Å²) in [5.41, 5.74) is 2.12. The molecule has 0 atom stereocenters. The van der Waals surface area contributed by atoms with Gasteiger partial charge in [0.25, 0.3) is 0 Å². The molecular formula is C36H34Br2N2O7. The highest BCUT2D eigenvalue weighted by Gasteiger charge is 2.26. The second-order valence-electron chi connectivity index (χ2n) is 11.0. The summed E-state index contributed by atoms with van der Waals surface area (Å²) in [4.78, 5) is 23.6. The van der Waals surface area contributed by atoms with Crippen LogP contribution in [0.25, 0.3) is 12.2 Å². The standard InChI is InChI=1S/C36H34Br2N2O7/c1-35(2,37)33(41)45-19-17-43-29-11-5-25(6-12-29)9-15-31-21-27(28(23-39)24-40)22-32(47-31)16-10-26-7-13-30(14-8-26)44-18-20-46-34(42)36(3,4)38/h5-16,21-22H,17-20H2,1-4H3/b15-9+,16-10+. The Morgan fingerprint density at radius 3 is 1.40 bits per heavy atom. The number of carbonyl (C=O) groups is 2. The largest absolute Gasteiger partial charge is 0.490 e. The first-order valence-electron chi connectivity index (χ1n) is 14.5. The minimum atomic E-state index is -0.748. The highest BCUT2D eigenvalue weighted by atomic mass is 79.9. The van der Waals surface area contributed by atoms with Crippen LogP contribution in [0.4, 0.5) is 0 Å². The topological polar surface area (TPSA) is 128 Å². The molecule has 2 aromatic carbocycles. The van der Waals surface area contributed by atoms with Gasteiger partial charge in [-0.05, 0) is 87.4 Å². The molecule has 0 bridgehead atoms. The first kappa shape index (κ1) is 36.9. The molecule has 2 aromatic rings. The highest BCUT2D eigenvalue weighted by molar-refractivity contribution is 9.10. The number of carbonyl (C=O) groups excluding carboxylic acids is 2. The van der Waals surface area contributed by atoms with Crippen LogP contribution in [0.1, 0.15) is 38.8 Å². The number of halogens is 2. The minimum Gasteiger partial charge on any atom is -0.490 e. The molecule has 1 aliphatic rings. The van der Waals surface area contributed by atoms with Gasteiger partial charge in [0, 0.05) is 5.57 Å². The average molecular weight is 766 g/mol. The lowest BCUT2D eigenvalue weighted by Crippen LogP contribution is -2.28. The van der Waals surface area contributed by atoms with Crippen LogP contribution in [0.3, 0.4) is 0 Å².